The van der Waals surface area contributed by atoms with Crippen LogP contribution >= 0.6 is 0 Å². The lowest BCUT2D eigenvalue weighted by Crippen LogP contribution is -2.49. The molecule has 4 nitrogen and oxygen atoms in total. The fraction of sp³-hybridized carbons (Fsp3) is 0.917. The maximum atomic E-state index is 12.1. The van der Waals surface area contributed by atoms with Gasteiger partial charge in [0.25, 0.3) is 0 Å². The number of amides is 1. The van der Waals surface area contributed by atoms with Crippen molar-refractivity contribution in [3.63, 3.8) is 0 Å². The number of nitrogens with zero attached hydrogens (tertiary/aromatic N) is 2. The van der Waals surface area contributed by atoms with E-state index in [2.05, 4.69) is 24.3 Å². The smallest absolute Gasteiger partial charge is 0.239 e. The Balaban J connectivity index is 1.81. The molecule has 1 amide bonds. The van der Waals surface area contributed by atoms with Gasteiger partial charge in [0.2, 0.25) is 5.91 Å². The van der Waals surface area contributed by atoms with Gasteiger partial charge in [-0.05, 0) is 46.3 Å². The first-order valence-electron chi connectivity index (χ1n) is 6.37. The van der Waals surface area contributed by atoms with Crippen molar-refractivity contribution in [3.05, 3.63) is 0 Å². The molecule has 1 N–H and O–H groups in total. The van der Waals surface area contributed by atoms with E-state index in [9.17, 15) is 4.79 Å². The molecule has 2 aliphatic rings. The van der Waals surface area contributed by atoms with Gasteiger partial charge >= 0.3 is 0 Å². The van der Waals surface area contributed by atoms with E-state index < -0.39 is 0 Å². The lowest BCUT2D eigenvalue weighted by Gasteiger charge is -2.36. The van der Waals surface area contributed by atoms with E-state index in [0.717, 1.165) is 45.3 Å². The summed E-state index contributed by atoms with van der Waals surface area (Å²) in [4.78, 5) is 16.4. The van der Waals surface area contributed by atoms with Gasteiger partial charge in [-0.1, -0.05) is 0 Å². The number of likely N-dealkylation sites (tertiary alicyclic amines) is 1. The molecule has 0 aromatic rings. The summed E-state index contributed by atoms with van der Waals surface area (Å²) in [6.45, 7) is 2.87. The Kier molecular flexibility index (Phi) is 3.82. The first-order valence-corrected chi connectivity index (χ1v) is 6.37. The maximum Gasteiger partial charge on any atom is 0.239 e. The molecule has 1 atom stereocenters. The van der Waals surface area contributed by atoms with E-state index in [4.69, 9.17) is 0 Å². The molecule has 2 saturated heterocycles. The second-order valence-electron chi connectivity index (χ2n) is 5.17. The van der Waals surface area contributed by atoms with Gasteiger partial charge in [0, 0.05) is 19.1 Å². The van der Waals surface area contributed by atoms with Crippen LogP contribution in [-0.2, 0) is 4.79 Å². The maximum absolute atomic E-state index is 12.1. The lowest BCUT2D eigenvalue weighted by atomic mass is 10.0. The van der Waals surface area contributed by atoms with Crippen LogP contribution in [-0.4, -0.2) is 61.5 Å². The third-order valence-corrected chi connectivity index (χ3v) is 3.86. The molecule has 0 spiro atoms. The Bertz CT molecular complexity index is 241. The minimum Gasteiger partial charge on any atom is -0.341 e. The van der Waals surface area contributed by atoms with Crippen LogP contribution in [0.3, 0.4) is 0 Å². The van der Waals surface area contributed by atoms with E-state index in [1.54, 1.807) is 0 Å². The summed E-state index contributed by atoms with van der Waals surface area (Å²) >= 11 is 0. The molecule has 16 heavy (non-hydrogen) atoms. The number of hydrogen-bond acceptors (Lipinski definition) is 3. The van der Waals surface area contributed by atoms with Gasteiger partial charge in [-0.3, -0.25) is 4.79 Å². The van der Waals surface area contributed by atoms with Gasteiger partial charge in [0.15, 0.2) is 0 Å². The van der Waals surface area contributed by atoms with Crippen LogP contribution < -0.4 is 5.32 Å². The van der Waals surface area contributed by atoms with Crippen LogP contribution in [0, 0.1) is 0 Å². The van der Waals surface area contributed by atoms with Crippen molar-refractivity contribution < 1.29 is 4.79 Å². The zero-order valence-electron chi connectivity index (χ0n) is 10.4. The third-order valence-electron chi connectivity index (χ3n) is 3.86. The largest absolute Gasteiger partial charge is 0.341 e. The quantitative estimate of drug-likeness (QED) is 0.734. The number of nitrogens with one attached hydrogen (secondary N) is 1. The number of piperidine rings is 1. The van der Waals surface area contributed by atoms with Crippen molar-refractivity contribution in [1.29, 1.82) is 0 Å². The summed E-state index contributed by atoms with van der Waals surface area (Å²) in [6.07, 6.45) is 4.40. The van der Waals surface area contributed by atoms with Crippen LogP contribution in [0.4, 0.5) is 0 Å². The van der Waals surface area contributed by atoms with Crippen molar-refractivity contribution in [2.75, 3.05) is 33.7 Å². The van der Waals surface area contributed by atoms with E-state index >= 15 is 0 Å². The predicted molar refractivity (Wildman–Crippen MR) is 64.3 cm³/mol. The number of rotatable bonds is 2. The van der Waals surface area contributed by atoms with Crippen molar-refractivity contribution >= 4 is 5.91 Å². The normalized spacial score (nSPS) is 27.7. The molecule has 2 rings (SSSR count). The average molecular weight is 225 g/mol. The first-order chi connectivity index (χ1) is 7.68. The average Bonchev–Trinajstić information content (AvgIpc) is 2.81. The standard InChI is InChI=1S/C12H23N3O/c1-14(2)10-5-8-15(9-6-10)12(16)11-4-3-7-13-11/h10-11,13H,3-9H2,1-2H3/t11-/m0/s1. The first kappa shape index (κ1) is 11.9. The van der Waals surface area contributed by atoms with Gasteiger partial charge in [0.1, 0.15) is 0 Å². The molecular weight excluding hydrogens is 202 g/mol. The Labute approximate surface area is 98.0 Å². The Morgan fingerprint density at radius 2 is 1.94 bits per heavy atom. The fourth-order valence-corrected chi connectivity index (χ4v) is 2.72. The van der Waals surface area contributed by atoms with Crippen LogP contribution in [0.2, 0.25) is 0 Å². The molecule has 0 unspecified atom stereocenters. The second-order valence-corrected chi connectivity index (χ2v) is 5.17. The summed E-state index contributed by atoms with van der Waals surface area (Å²) in [6, 6.07) is 0.761. The molecule has 92 valence electrons. The molecule has 0 aliphatic carbocycles. The second kappa shape index (κ2) is 5.15. The Morgan fingerprint density at radius 1 is 1.25 bits per heavy atom. The minimum absolute atomic E-state index is 0.107. The molecule has 0 saturated carbocycles. The highest BCUT2D eigenvalue weighted by molar-refractivity contribution is 5.82. The van der Waals surface area contributed by atoms with Crippen LogP contribution in [0.15, 0.2) is 0 Å². The molecule has 2 aliphatic heterocycles. The van der Waals surface area contributed by atoms with Gasteiger partial charge in [0.05, 0.1) is 6.04 Å². The Hall–Kier alpha value is -0.610. The van der Waals surface area contributed by atoms with Crippen LogP contribution in [0.25, 0.3) is 0 Å². The lowest BCUT2D eigenvalue weighted by molar-refractivity contribution is -0.134. The summed E-state index contributed by atoms with van der Waals surface area (Å²) in [7, 11) is 4.25. The van der Waals surface area contributed by atoms with Gasteiger partial charge in [-0.25, -0.2) is 0 Å². The molecule has 2 fully saturated rings. The molecule has 0 aromatic heterocycles. The molecular formula is C12H23N3O. The van der Waals surface area contributed by atoms with E-state index in [-0.39, 0.29) is 6.04 Å². The number of carbonyl (C=O) groups excluding carboxylic acids is 1. The van der Waals surface area contributed by atoms with Crippen molar-refractivity contribution in [2.24, 2.45) is 0 Å². The summed E-state index contributed by atoms with van der Waals surface area (Å²) in [5.41, 5.74) is 0. The zero-order chi connectivity index (χ0) is 11.5. The SMILES string of the molecule is CN(C)C1CCN(C(=O)[C@@H]2CCCN2)CC1. The molecule has 0 bridgehead atoms. The topological polar surface area (TPSA) is 35.6 Å². The van der Waals surface area contributed by atoms with Crippen LogP contribution in [0.1, 0.15) is 25.7 Å². The summed E-state index contributed by atoms with van der Waals surface area (Å²) in [5.74, 6) is 0.328. The van der Waals surface area contributed by atoms with E-state index in [0.29, 0.717) is 11.9 Å². The van der Waals surface area contributed by atoms with Crippen LogP contribution in [0.5, 0.6) is 0 Å². The third kappa shape index (κ3) is 2.55. The number of hydrogen-bond donors (Lipinski definition) is 1. The molecule has 4 heteroatoms. The van der Waals surface area contributed by atoms with Gasteiger partial charge in [-0.15, -0.1) is 0 Å². The van der Waals surface area contributed by atoms with Gasteiger partial charge in [-0.2, -0.15) is 0 Å². The predicted octanol–water partition coefficient (Wildman–Crippen LogP) is 0.291. The zero-order valence-corrected chi connectivity index (χ0v) is 10.4. The molecule has 0 aromatic carbocycles. The van der Waals surface area contributed by atoms with Gasteiger partial charge < -0.3 is 15.1 Å². The van der Waals surface area contributed by atoms with E-state index in [1.165, 1.54) is 0 Å². The molecule has 0 radical (unpaired) electrons. The highest BCUT2D eigenvalue weighted by Gasteiger charge is 2.30. The highest BCUT2D eigenvalue weighted by Crippen LogP contribution is 2.17. The number of carbonyl (C=O) groups is 1. The summed E-state index contributed by atoms with van der Waals surface area (Å²) in [5, 5.41) is 3.29. The van der Waals surface area contributed by atoms with E-state index in [1.807, 2.05) is 4.90 Å². The van der Waals surface area contributed by atoms with Crippen molar-refractivity contribution in [3.8, 4) is 0 Å². The minimum atomic E-state index is 0.107. The molecule has 2 heterocycles. The highest BCUT2D eigenvalue weighted by atomic mass is 16.2. The van der Waals surface area contributed by atoms with Crippen molar-refractivity contribution in [2.45, 2.75) is 37.8 Å². The van der Waals surface area contributed by atoms with Crippen molar-refractivity contribution in [1.82, 2.24) is 15.1 Å². The Morgan fingerprint density at radius 3 is 2.44 bits per heavy atom. The monoisotopic (exact) mass is 225 g/mol. The fourth-order valence-electron chi connectivity index (χ4n) is 2.72. The summed E-state index contributed by atoms with van der Waals surface area (Å²) < 4.78 is 0.